The SMILES string of the molecule is O=C(O)CC(CO)c1ccc(Br)s1. The fourth-order valence-electron chi connectivity index (χ4n) is 1.01. The Kier molecular flexibility index (Phi) is 3.90. The van der Waals surface area contributed by atoms with E-state index >= 15 is 0 Å². The summed E-state index contributed by atoms with van der Waals surface area (Å²) in [5, 5.41) is 17.5. The monoisotopic (exact) mass is 264 g/mol. The van der Waals surface area contributed by atoms with Gasteiger partial charge in [-0.25, -0.2) is 0 Å². The maximum atomic E-state index is 10.4. The molecule has 1 aromatic rings. The van der Waals surface area contributed by atoms with Crippen molar-refractivity contribution in [3.63, 3.8) is 0 Å². The van der Waals surface area contributed by atoms with Gasteiger partial charge in [-0.05, 0) is 28.1 Å². The molecule has 2 N–H and O–H groups in total. The summed E-state index contributed by atoms with van der Waals surface area (Å²) >= 11 is 4.74. The summed E-state index contributed by atoms with van der Waals surface area (Å²) in [5.74, 6) is -1.17. The summed E-state index contributed by atoms with van der Waals surface area (Å²) in [6, 6.07) is 3.68. The molecule has 0 radical (unpaired) electrons. The van der Waals surface area contributed by atoms with Gasteiger partial charge in [0, 0.05) is 10.8 Å². The van der Waals surface area contributed by atoms with Gasteiger partial charge in [0.25, 0.3) is 0 Å². The van der Waals surface area contributed by atoms with Crippen LogP contribution in [0.25, 0.3) is 0 Å². The molecule has 0 spiro atoms. The lowest BCUT2D eigenvalue weighted by atomic mass is 10.1. The van der Waals surface area contributed by atoms with E-state index < -0.39 is 5.97 Å². The third kappa shape index (κ3) is 3.10. The summed E-state index contributed by atoms with van der Waals surface area (Å²) < 4.78 is 0.950. The van der Waals surface area contributed by atoms with Gasteiger partial charge < -0.3 is 10.2 Å². The molecule has 0 aliphatic rings. The van der Waals surface area contributed by atoms with Crippen molar-refractivity contribution in [1.82, 2.24) is 0 Å². The predicted octanol–water partition coefficient (Wildman–Crippen LogP) is 2.06. The molecule has 0 saturated heterocycles. The van der Waals surface area contributed by atoms with Gasteiger partial charge in [0.15, 0.2) is 0 Å². The van der Waals surface area contributed by atoms with Crippen molar-refractivity contribution < 1.29 is 15.0 Å². The maximum Gasteiger partial charge on any atom is 0.304 e. The first kappa shape index (κ1) is 10.7. The van der Waals surface area contributed by atoms with E-state index in [1.807, 2.05) is 12.1 Å². The Morgan fingerprint density at radius 2 is 2.31 bits per heavy atom. The first-order chi connectivity index (χ1) is 6.13. The summed E-state index contributed by atoms with van der Waals surface area (Å²) in [4.78, 5) is 11.3. The highest BCUT2D eigenvalue weighted by Gasteiger charge is 2.16. The molecular formula is C8H9BrO3S. The van der Waals surface area contributed by atoms with Gasteiger partial charge in [-0.2, -0.15) is 0 Å². The van der Waals surface area contributed by atoms with Gasteiger partial charge in [0.1, 0.15) is 0 Å². The number of aliphatic hydroxyl groups is 1. The number of aliphatic hydroxyl groups excluding tert-OH is 1. The zero-order chi connectivity index (χ0) is 9.84. The van der Waals surface area contributed by atoms with E-state index in [9.17, 15) is 4.79 Å². The van der Waals surface area contributed by atoms with Crippen LogP contribution in [0.15, 0.2) is 15.9 Å². The highest BCUT2D eigenvalue weighted by atomic mass is 79.9. The van der Waals surface area contributed by atoms with Crippen LogP contribution in [-0.2, 0) is 4.79 Å². The van der Waals surface area contributed by atoms with Gasteiger partial charge in [0.2, 0.25) is 0 Å². The van der Waals surface area contributed by atoms with E-state index in [-0.39, 0.29) is 18.9 Å². The van der Waals surface area contributed by atoms with Crippen molar-refractivity contribution in [2.24, 2.45) is 0 Å². The lowest BCUT2D eigenvalue weighted by Gasteiger charge is -2.07. The van der Waals surface area contributed by atoms with Crippen molar-refractivity contribution in [1.29, 1.82) is 0 Å². The van der Waals surface area contributed by atoms with Gasteiger partial charge in [0.05, 0.1) is 16.8 Å². The van der Waals surface area contributed by atoms with Crippen LogP contribution in [0.1, 0.15) is 17.2 Å². The first-order valence-electron chi connectivity index (χ1n) is 3.71. The average molecular weight is 265 g/mol. The molecule has 72 valence electrons. The van der Waals surface area contributed by atoms with Crippen LogP contribution >= 0.6 is 27.3 Å². The number of halogens is 1. The zero-order valence-electron chi connectivity index (χ0n) is 6.74. The van der Waals surface area contributed by atoms with E-state index in [4.69, 9.17) is 10.2 Å². The fraction of sp³-hybridized carbons (Fsp3) is 0.375. The maximum absolute atomic E-state index is 10.4. The molecule has 0 aliphatic carbocycles. The van der Waals surface area contributed by atoms with E-state index in [1.165, 1.54) is 11.3 Å². The second-order valence-electron chi connectivity index (χ2n) is 2.62. The molecule has 13 heavy (non-hydrogen) atoms. The van der Waals surface area contributed by atoms with Crippen molar-refractivity contribution in [2.45, 2.75) is 12.3 Å². The van der Waals surface area contributed by atoms with Crippen LogP contribution in [0.4, 0.5) is 0 Å². The number of rotatable bonds is 4. The van der Waals surface area contributed by atoms with Gasteiger partial charge in [-0.15, -0.1) is 11.3 Å². The molecule has 1 atom stereocenters. The molecule has 1 heterocycles. The molecule has 5 heteroatoms. The Morgan fingerprint density at radius 1 is 1.62 bits per heavy atom. The lowest BCUT2D eigenvalue weighted by Crippen LogP contribution is -2.08. The average Bonchev–Trinajstić information content (AvgIpc) is 2.47. The first-order valence-corrected chi connectivity index (χ1v) is 5.32. The predicted molar refractivity (Wildman–Crippen MR) is 54.1 cm³/mol. The third-order valence-electron chi connectivity index (χ3n) is 1.64. The Labute approximate surface area is 88.1 Å². The van der Waals surface area contributed by atoms with Crippen molar-refractivity contribution >= 4 is 33.2 Å². The molecule has 0 fully saturated rings. The van der Waals surface area contributed by atoms with Crippen LogP contribution in [0, 0.1) is 0 Å². The zero-order valence-corrected chi connectivity index (χ0v) is 9.14. The topological polar surface area (TPSA) is 57.5 Å². The fourth-order valence-corrected chi connectivity index (χ4v) is 2.53. The van der Waals surface area contributed by atoms with E-state index in [0.717, 1.165) is 8.66 Å². The Bertz CT molecular complexity index is 297. The molecule has 1 rings (SSSR count). The van der Waals surface area contributed by atoms with Crippen LogP contribution in [-0.4, -0.2) is 22.8 Å². The normalized spacial score (nSPS) is 12.8. The molecular weight excluding hydrogens is 256 g/mol. The smallest absolute Gasteiger partial charge is 0.304 e. The van der Waals surface area contributed by atoms with E-state index in [2.05, 4.69) is 15.9 Å². The van der Waals surface area contributed by atoms with Crippen molar-refractivity contribution in [2.75, 3.05) is 6.61 Å². The largest absolute Gasteiger partial charge is 0.481 e. The summed E-state index contributed by atoms with van der Waals surface area (Å²) in [7, 11) is 0. The third-order valence-corrected chi connectivity index (χ3v) is 3.42. The molecule has 1 aromatic heterocycles. The minimum Gasteiger partial charge on any atom is -0.481 e. The van der Waals surface area contributed by atoms with Crippen molar-refractivity contribution in [3.05, 3.63) is 20.8 Å². The molecule has 3 nitrogen and oxygen atoms in total. The van der Waals surface area contributed by atoms with Gasteiger partial charge in [-0.3, -0.25) is 4.79 Å². The molecule has 0 aliphatic heterocycles. The number of thiophene rings is 1. The van der Waals surface area contributed by atoms with Crippen LogP contribution < -0.4 is 0 Å². The number of carboxylic acid groups (broad SMARTS) is 1. The van der Waals surface area contributed by atoms with Gasteiger partial charge >= 0.3 is 5.97 Å². The standard InChI is InChI=1S/C8H9BrO3S/c9-7-2-1-6(13-7)5(4-10)3-8(11)12/h1-2,5,10H,3-4H2,(H,11,12). The Balaban J connectivity index is 2.72. The summed E-state index contributed by atoms with van der Waals surface area (Å²) in [6.07, 6.45) is -0.0244. The molecule has 0 saturated carbocycles. The Hall–Kier alpha value is -0.390. The summed E-state index contributed by atoms with van der Waals surface area (Å²) in [6.45, 7) is -0.126. The second kappa shape index (κ2) is 4.74. The second-order valence-corrected chi connectivity index (χ2v) is 5.11. The lowest BCUT2D eigenvalue weighted by molar-refractivity contribution is -0.137. The highest BCUT2D eigenvalue weighted by Crippen LogP contribution is 2.30. The summed E-state index contributed by atoms with van der Waals surface area (Å²) in [5.41, 5.74) is 0. The molecule has 0 amide bonds. The van der Waals surface area contributed by atoms with Gasteiger partial charge in [-0.1, -0.05) is 0 Å². The van der Waals surface area contributed by atoms with Crippen molar-refractivity contribution in [3.8, 4) is 0 Å². The number of carboxylic acids is 1. The number of aliphatic carboxylic acids is 1. The minimum absolute atomic E-state index is 0.0244. The molecule has 0 bridgehead atoms. The van der Waals surface area contributed by atoms with Crippen LogP contribution in [0.2, 0.25) is 0 Å². The van der Waals surface area contributed by atoms with E-state index in [1.54, 1.807) is 0 Å². The quantitative estimate of drug-likeness (QED) is 0.876. The Morgan fingerprint density at radius 3 is 2.69 bits per heavy atom. The van der Waals surface area contributed by atoms with Crippen LogP contribution in [0.3, 0.4) is 0 Å². The molecule has 1 unspecified atom stereocenters. The highest BCUT2D eigenvalue weighted by molar-refractivity contribution is 9.11. The van der Waals surface area contributed by atoms with E-state index in [0.29, 0.717) is 0 Å². The number of carbonyl (C=O) groups is 1. The number of hydrogen-bond acceptors (Lipinski definition) is 3. The molecule has 0 aromatic carbocycles. The minimum atomic E-state index is -0.886. The van der Waals surface area contributed by atoms with Crippen LogP contribution in [0.5, 0.6) is 0 Å². The number of hydrogen-bond donors (Lipinski definition) is 2.